The third-order valence-electron chi connectivity index (χ3n) is 2.76. The number of nitro benzene ring substituents is 1. The molecule has 0 saturated heterocycles. The third-order valence-corrected chi connectivity index (χ3v) is 2.76. The van der Waals surface area contributed by atoms with Crippen LogP contribution >= 0.6 is 0 Å². The summed E-state index contributed by atoms with van der Waals surface area (Å²) < 4.78 is 13.6. The van der Waals surface area contributed by atoms with E-state index in [-0.39, 0.29) is 0 Å². The molecule has 1 aromatic rings. The van der Waals surface area contributed by atoms with Crippen LogP contribution in [0, 0.1) is 21.8 Å². The van der Waals surface area contributed by atoms with Gasteiger partial charge in [-0.2, -0.15) is 4.39 Å². The highest BCUT2D eigenvalue weighted by molar-refractivity contribution is 5.36. The Morgan fingerprint density at radius 2 is 2.24 bits per heavy atom. The Morgan fingerprint density at radius 3 is 2.82 bits per heavy atom. The number of halogens is 1. The first-order valence-electron chi connectivity index (χ1n) is 5.68. The van der Waals surface area contributed by atoms with Gasteiger partial charge in [-0.05, 0) is 12.5 Å². The topological polar surface area (TPSA) is 55.2 Å². The standard InChI is InChI=1S/C12H17FN2O2/c1-3-9(2)7-14-8-10-5-4-6-11(12(10)13)15(16)17/h4-6,9,14H,3,7-8H2,1-2H3. The maximum absolute atomic E-state index is 13.6. The van der Waals surface area contributed by atoms with Gasteiger partial charge >= 0.3 is 5.69 Å². The number of hydrogen-bond donors (Lipinski definition) is 1. The van der Waals surface area contributed by atoms with Gasteiger partial charge in [0.15, 0.2) is 0 Å². The monoisotopic (exact) mass is 240 g/mol. The van der Waals surface area contributed by atoms with Crippen molar-refractivity contribution in [2.24, 2.45) is 5.92 Å². The Bertz CT molecular complexity index is 396. The summed E-state index contributed by atoms with van der Waals surface area (Å²) in [6.45, 7) is 5.27. The lowest BCUT2D eigenvalue weighted by Gasteiger charge is -2.10. The summed E-state index contributed by atoms with van der Waals surface area (Å²) >= 11 is 0. The van der Waals surface area contributed by atoms with E-state index in [1.54, 1.807) is 6.07 Å². The molecule has 0 bridgehead atoms. The number of rotatable bonds is 6. The fourth-order valence-electron chi connectivity index (χ4n) is 1.44. The molecule has 0 fully saturated rings. The molecule has 0 aliphatic rings. The first-order chi connectivity index (χ1) is 8.06. The van der Waals surface area contributed by atoms with Crippen LogP contribution in [-0.2, 0) is 6.54 Å². The summed E-state index contributed by atoms with van der Waals surface area (Å²) in [5.74, 6) is -0.231. The molecule has 1 atom stereocenters. The molecule has 0 spiro atoms. The number of nitrogens with zero attached hydrogens (tertiary/aromatic N) is 1. The van der Waals surface area contributed by atoms with Gasteiger partial charge in [-0.1, -0.05) is 32.4 Å². The van der Waals surface area contributed by atoms with E-state index in [4.69, 9.17) is 0 Å². The molecular formula is C12H17FN2O2. The van der Waals surface area contributed by atoms with Gasteiger partial charge in [0.25, 0.3) is 0 Å². The van der Waals surface area contributed by atoms with Gasteiger partial charge in [-0.25, -0.2) is 0 Å². The van der Waals surface area contributed by atoms with E-state index in [1.807, 2.05) is 0 Å². The number of hydrogen-bond acceptors (Lipinski definition) is 3. The lowest BCUT2D eigenvalue weighted by molar-refractivity contribution is -0.387. The van der Waals surface area contributed by atoms with E-state index in [2.05, 4.69) is 19.2 Å². The fraction of sp³-hybridized carbons (Fsp3) is 0.500. The number of nitrogens with one attached hydrogen (secondary N) is 1. The van der Waals surface area contributed by atoms with Gasteiger partial charge in [0.05, 0.1) is 4.92 Å². The molecule has 94 valence electrons. The normalized spacial score (nSPS) is 12.4. The molecule has 1 N–H and O–H groups in total. The second-order valence-electron chi connectivity index (χ2n) is 4.15. The van der Waals surface area contributed by atoms with E-state index >= 15 is 0 Å². The fourth-order valence-corrected chi connectivity index (χ4v) is 1.44. The minimum absolute atomic E-state index is 0.317. The summed E-state index contributed by atoms with van der Waals surface area (Å²) in [5.41, 5.74) is -0.129. The van der Waals surface area contributed by atoms with Crippen LogP contribution in [0.25, 0.3) is 0 Å². The molecule has 1 rings (SSSR count). The summed E-state index contributed by atoms with van der Waals surface area (Å²) in [6, 6.07) is 4.24. The highest BCUT2D eigenvalue weighted by atomic mass is 19.1. The van der Waals surface area contributed by atoms with Gasteiger partial charge in [0.2, 0.25) is 5.82 Å². The largest absolute Gasteiger partial charge is 0.312 e. The van der Waals surface area contributed by atoms with Gasteiger partial charge in [-0.15, -0.1) is 0 Å². The van der Waals surface area contributed by atoms with Crippen molar-refractivity contribution in [1.82, 2.24) is 5.32 Å². The maximum atomic E-state index is 13.6. The molecule has 1 aromatic carbocycles. The highest BCUT2D eigenvalue weighted by Crippen LogP contribution is 2.19. The molecule has 0 aromatic heterocycles. The lowest BCUT2D eigenvalue weighted by Crippen LogP contribution is -2.21. The van der Waals surface area contributed by atoms with Crippen molar-refractivity contribution in [2.75, 3.05) is 6.54 Å². The van der Waals surface area contributed by atoms with Crippen LogP contribution in [0.2, 0.25) is 0 Å². The van der Waals surface area contributed by atoms with E-state index < -0.39 is 16.4 Å². The van der Waals surface area contributed by atoms with E-state index in [0.717, 1.165) is 13.0 Å². The molecule has 1 unspecified atom stereocenters. The van der Waals surface area contributed by atoms with Crippen molar-refractivity contribution in [3.63, 3.8) is 0 Å². The number of benzene rings is 1. The van der Waals surface area contributed by atoms with Crippen LogP contribution in [0.3, 0.4) is 0 Å². The third kappa shape index (κ3) is 3.78. The van der Waals surface area contributed by atoms with Crippen molar-refractivity contribution in [2.45, 2.75) is 26.8 Å². The first-order valence-corrected chi connectivity index (χ1v) is 5.68. The molecule has 0 radical (unpaired) electrons. The van der Waals surface area contributed by atoms with E-state index in [0.29, 0.717) is 18.0 Å². The Hall–Kier alpha value is -1.49. The minimum atomic E-state index is -0.742. The quantitative estimate of drug-likeness (QED) is 0.614. The predicted octanol–water partition coefficient (Wildman–Crippen LogP) is 2.87. The second kappa shape index (κ2) is 6.30. The Labute approximate surface area is 100.0 Å². The summed E-state index contributed by atoms with van der Waals surface area (Å²) in [4.78, 5) is 9.85. The van der Waals surface area contributed by atoms with Crippen molar-refractivity contribution in [3.05, 3.63) is 39.7 Å². The van der Waals surface area contributed by atoms with Crippen LogP contribution < -0.4 is 5.32 Å². The van der Waals surface area contributed by atoms with Crippen molar-refractivity contribution >= 4 is 5.69 Å². The van der Waals surface area contributed by atoms with Crippen molar-refractivity contribution in [1.29, 1.82) is 0 Å². The van der Waals surface area contributed by atoms with Crippen molar-refractivity contribution in [3.8, 4) is 0 Å². The average Bonchev–Trinajstić information content (AvgIpc) is 2.30. The lowest BCUT2D eigenvalue weighted by atomic mass is 10.1. The zero-order valence-electron chi connectivity index (χ0n) is 10.1. The van der Waals surface area contributed by atoms with Crippen LogP contribution in [0.5, 0.6) is 0 Å². The maximum Gasteiger partial charge on any atom is 0.305 e. The minimum Gasteiger partial charge on any atom is -0.312 e. The van der Waals surface area contributed by atoms with E-state index in [9.17, 15) is 14.5 Å². The van der Waals surface area contributed by atoms with Crippen LogP contribution in [0.1, 0.15) is 25.8 Å². The highest BCUT2D eigenvalue weighted by Gasteiger charge is 2.16. The zero-order chi connectivity index (χ0) is 12.8. The summed E-state index contributed by atoms with van der Waals surface area (Å²) in [7, 11) is 0. The second-order valence-corrected chi connectivity index (χ2v) is 4.15. The summed E-state index contributed by atoms with van der Waals surface area (Å²) in [6.07, 6.45) is 1.05. The molecule has 4 nitrogen and oxygen atoms in total. The van der Waals surface area contributed by atoms with Gasteiger partial charge in [-0.3, -0.25) is 10.1 Å². The Balaban J connectivity index is 2.66. The Kier molecular flexibility index (Phi) is 5.03. The van der Waals surface area contributed by atoms with Gasteiger partial charge < -0.3 is 5.32 Å². The van der Waals surface area contributed by atoms with Crippen LogP contribution in [0.15, 0.2) is 18.2 Å². The predicted molar refractivity (Wildman–Crippen MR) is 64.2 cm³/mol. The average molecular weight is 240 g/mol. The van der Waals surface area contributed by atoms with Crippen molar-refractivity contribution < 1.29 is 9.31 Å². The van der Waals surface area contributed by atoms with Crippen LogP contribution in [-0.4, -0.2) is 11.5 Å². The smallest absolute Gasteiger partial charge is 0.305 e. The number of nitro groups is 1. The molecule has 0 saturated carbocycles. The van der Waals surface area contributed by atoms with Crippen LogP contribution in [0.4, 0.5) is 10.1 Å². The van der Waals surface area contributed by atoms with E-state index in [1.165, 1.54) is 12.1 Å². The molecule has 0 amide bonds. The van der Waals surface area contributed by atoms with Gasteiger partial charge in [0, 0.05) is 18.2 Å². The molecule has 17 heavy (non-hydrogen) atoms. The molecular weight excluding hydrogens is 223 g/mol. The summed E-state index contributed by atoms with van der Waals surface area (Å²) in [5, 5.41) is 13.6. The molecule has 5 heteroatoms. The molecule has 0 aliphatic carbocycles. The zero-order valence-corrected chi connectivity index (χ0v) is 10.1. The SMILES string of the molecule is CCC(C)CNCc1cccc([N+](=O)[O-])c1F. The van der Waals surface area contributed by atoms with Gasteiger partial charge in [0.1, 0.15) is 0 Å². The molecule has 0 heterocycles. The molecule has 0 aliphatic heterocycles. The Morgan fingerprint density at radius 1 is 1.53 bits per heavy atom. The first kappa shape index (κ1) is 13.6.